The van der Waals surface area contributed by atoms with Crippen LogP contribution in [0.3, 0.4) is 0 Å². The van der Waals surface area contributed by atoms with Gasteiger partial charge in [0.25, 0.3) is 0 Å². The molecule has 0 saturated heterocycles. The zero-order valence-corrected chi connectivity index (χ0v) is 8.83. The smallest absolute Gasteiger partial charge is 0.0798 e. The van der Waals surface area contributed by atoms with E-state index in [0.717, 1.165) is 12.2 Å². The fourth-order valence-corrected chi connectivity index (χ4v) is 1.35. The molecule has 1 aromatic heterocycles. The van der Waals surface area contributed by atoms with Crippen LogP contribution in [-0.4, -0.2) is 28.8 Å². The minimum atomic E-state index is -0.718. The van der Waals surface area contributed by atoms with Crippen molar-refractivity contribution < 1.29 is 5.11 Å². The summed E-state index contributed by atoms with van der Waals surface area (Å²) in [4.78, 5) is 4.18. The Morgan fingerprint density at radius 1 is 1.50 bits per heavy atom. The highest BCUT2D eigenvalue weighted by atomic mass is 16.3. The Kier molecular flexibility index (Phi) is 4.04. The summed E-state index contributed by atoms with van der Waals surface area (Å²) in [5, 5.41) is 13.1. The molecule has 0 aliphatic heterocycles. The molecule has 1 unspecified atom stereocenters. The highest BCUT2D eigenvalue weighted by Crippen LogP contribution is 2.09. The van der Waals surface area contributed by atoms with E-state index in [4.69, 9.17) is 0 Å². The molecule has 0 aromatic carbocycles. The van der Waals surface area contributed by atoms with E-state index in [0.29, 0.717) is 13.0 Å². The van der Waals surface area contributed by atoms with Crippen LogP contribution in [-0.2, 0) is 6.42 Å². The number of nitrogens with zero attached hydrogens (tertiary/aromatic N) is 1. The number of aliphatic hydroxyl groups is 1. The van der Waals surface area contributed by atoms with E-state index in [9.17, 15) is 5.11 Å². The fraction of sp³-hybridized carbons (Fsp3) is 0.545. The Morgan fingerprint density at radius 2 is 2.29 bits per heavy atom. The van der Waals surface area contributed by atoms with Crippen LogP contribution in [0.4, 0.5) is 0 Å². The van der Waals surface area contributed by atoms with Crippen LogP contribution >= 0.6 is 0 Å². The Hall–Kier alpha value is -0.930. The van der Waals surface area contributed by atoms with Crippen molar-refractivity contribution in [2.75, 3.05) is 13.1 Å². The summed E-state index contributed by atoms with van der Waals surface area (Å²) in [6.45, 7) is 5.32. The quantitative estimate of drug-likeness (QED) is 0.734. The molecule has 14 heavy (non-hydrogen) atoms. The van der Waals surface area contributed by atoms with Gasteiger partial charge in [0.1, 0.15) is 0 Å². The Labute approximate surface area is 85.2 Å². The highest BCUT2D eigenvalue weighted by molar-refractivity contribution is 5.06. The molecule has 2 N–H and O–H groups in total. The molecular formula is C11H18N2O. The molecule has 0 saturated carbocycles. The first-order valence-corrected chi connectivity index (χ1v) is 4.97. The van der Waals surface area contributed by atoms with Crippen molar-refractivity contribution in [1.82, 2.24) is 10.3 Å². The summed E-state index contributed by atoms with van der Waals surface area (Å²) in [6, 6.07) is 5.74. The normalized spacial score (nSPS) is 15.1. The van der Waals surface area contributed by atoms with E-state index in [-0.39, 0.29) is 0 Å². The molecule has 3 nitrogen and oxygen atoms in total. The lowest BCUT2D eigenvalue weighted by Gasteiger charge is -2.22. The molecule has 3 heteroatoms. The van der Waals surface area contributed by atoms with Gasteiger partial charge in [0, 0.05) is 24.9 Å². The van der Waals surface area contributed by atoms with Crippen LogP contribution in [0.2, 0.25) is 0 Å². The summed E-state index contributed by atoms with van der Waals surface area (Å²) in [5.41, 5.74) is 0.208. The van der Waals surface area contributed by atoms with E-state index in [1.807, 2.05) is 32.0 Å². The number of hydrogen-bond donors (Lipinski definition) is 2. The Morgan fingerprint density at radius 3 is 2.86 bits per heavy atom. The van der Waals surface area contributed by atoms with Gasteiger partial charge < -0.3 is 10.4 Å². The van der Waals surface area contributed by atoms with Crippen LogP contribution in [0.5, 0.6) is 0 Å². The average molecular weight is 194 g/mol. The monoisotopic (exact) mass is 194 g/mol. The van der Waals surface area contributed by atoms with Crippen LogP contribution in [0.1, 0.15) is 19.5 Å². The molecule has 1 heterocycles. The number of rotatable bonds is 5. The van der Waals surface area contributed by atoms with Gasteiger partial charge in [0.05, 0.1) is 5.60 Å². The molecular weight excluding hydrogens is 176 g/mol. The molecule has 1 rings (SSSR count). The fourth-order valence-electron chi connectivity index (χ4n) is 1.35. The molecule has 0 radical (unpaired) electrons. The molecule has 0 bridgehead atoms. The predicted molar refractivity (Wildman–Crippen MR) is 57.1 cm³/mol. The Bertz CT molecular complexity index is 259. The van der Waals surface area contributed by atoms with Gasteiger partial charge >= 0.3 is 0 Å². The summed E-state index contributed by atoms with van der Waals surface area (Å²) in [6.07, 6.45) is 2.33. The zero-order chi connectivity index (χ0) is 10.4. The first-order valence-electron chi connectivity index (χ1n) is 4.97. The van der Waals surface area contributed by atoms with Crippen LogP contribution < -0.4 is 5.32 Å². The second kappa shape index (κ2) is 5.08. The molecule has 78 valence electrons. The molecule has 0 amide bonds. The second-order valence-corrected chi connectivity index (χ2v) is 3.78. The third-order valence-corrected chi connectivity index (χ3v) is 2.04. The minimum absolute atomic E-state index is 0.584. The number of nitrogens with one attached hydrogen (secondary N) is 1. The number of likely N-dealkylation sites (N-methyl/N-ethyl adjacent to an activating group) is 1. The van der Waals surface area contributed by atoms with Crippen molar-refractivity contribution in [3.8, 4) is 0 Å². The van der Waals surface area contributed by atoms with Crippen LogP contribution in [0.15, 0.2) is 24.4 Å². The summed E-state index contributed by atoms with van der Waals surface area (Å²) >= 11 is 0. The lowest BCUT2D eigenvalue weighted by molar-refractivity contribution is 0.0598. The predicted octanol–water partition coefficient (Wildman–Crippen LogP) is 0.985. The zero-order valence-electron chi connectivity index (χ0n) is 8.83. The lowest BCUT2D eigenvalue weighted by atomic mass is 10.00. The van der Waals surface area contributed by atoms with Gasteiger partial charge in [-0.15, -0.1) is 0 Å². The first kappa shape index (κ1) is 11.1. The number of aromatic nitrogens is 1. The minimum Gasteiger partial charge on any atom is -0.388 e. The number of pyridine rings is 1. The van der Waals surface area contributed by atoms with Crippen molar-refractivity contribution in [2.45, 2.75) is 25.9 Å². The summed E-state index contributed by atoms with van der Waals surface area (Å²) < 4.78 is 0. The van der Waals surface area contributed by atoms with Crippen LogP contribution in [0.25, 0.3) is 0 Å². The van der Waals surface area contributed by atoms with Crippen molar-refractivity contribution in [1.29, 1.82) is 0 Å². The molecule has 1 atom stereocenters. The van der Waals surface area contributed by atoms with E-state index in [1.165, 1.54) is 0 Å². The summed E-state index contributed by atoms with van der Waals surface area (Å²) in [5.74, 6) is 0. The van der Waals surface area contributed by atoms with Gasteiger partial charge in [-0.05, 0) is 25.6 Å². The highest BCUT2D eigenvalue weighted by Gasteiger charge is 2.20. The topological polar surface area (TPSA) is 45.1 Å². The van der Waals surface area contributed by atoms with Gasteiger partial charge in [0.2, 0.25) is 0 Å². The molecule has 0 spiro atoms. The maximum Gasteiger partial charge on any atom is 0.0798 e. The van der Waals surface area contributed by atoms with E-state index >= 15 is 0 Å². The van der Waals surface area contributed by atoms with E-state index < -0.39 is 5.60 Å². The maximum atomic E-state index is 10.00. The molecule has 0 aliphatic rings. The third-order valence-electron chi connectivity index (χ3n) is 2.04. The first-order chi connectivity index (χ1) is 6.64. The number of hydrogen-bond acceptors (Lipinski definition) is 3. The summed E-state index contributed by atoms with van der Waals surface area (Å²) in [7, 11) is 0. The van der Waals surface area contributed by atoms with Crippen molar-refractivity contribution in [3.63, 3.8) is 0 Å². The Balaban J connectivity index is 2.50. The maximum absolute atomic E-state index is 10.00. The van der Waals surface area contributed by atoms with Gasteiger partial charge in [-0.1, -0.05) is 13.0 Å². The van der Waals surface area contributed by atoms with Gasteiger partial charge in [0.15, 0.2) is 0 Å². The van der Waals surface area contributed by atoms with Gasteiger partial charge in [-0.25, -0.2) is 0 Å². The van der Waals surface area contributed by atoms with Gasteiger partial charge in [-0.2, -0.15) is 0 Å². The van der Waals surface area contributed by atoms with Crippen molar-refractivity contribution in [3.05, 3.63) is 30.1 Å². The van der Waals surface area contributed by atoms with Crippen molar-refractivity contribution >= 4 is 0 Å². The van der Waals surface area contributed by atoms with Gasteiger partial charge in [-0.3, -0.25) is 4.98 Å². The molecule has 0 aliphatic carbocycles. The van der Waals surface area contributed by atoms with E-state index in [1.54, 1.807) is 6.20 Å². The second-order valence-electron chi connectivity index (χ2n) is 3.78. The lowest BCUT2D eigenvalue weighted by Crippen LogP contribution is -2.39. The standard InChI is InChI=1S/C11H18N2O/c1-3-12-9-11(2,14)8-10-6-4-5-7-13-10/h4-7,12,14H,3,8-9H2,1-2H3. The third kappa shape index (κ3) is 3.85. The molecule has 0 fully saturated rings. The molecule has 1 aromatic rings. The van der Waals surface area contributed by atoms with Crippen LogP contribution in [0, 0.1) is 0 Å². The SMILES string of the molecule is CCNCC(C)(O)Cc1ccccn1. The van der Waals surface area contributed by atoms with E-state index in [2.05, 4.69) is 10.3 Å². The average Bonchev–Trinajstić information content (AvgIpc) is 2.16. The largest absolute Gasteiger partial charge is 0.388 e. The van der Waals surface area contributed by atoms with Crippen molar-refractivity contribution in [2.24, 2.45) is 0 Å².